The smallest absolute Gasteiger partial charge is 0.378 e. The number of carbonyl (C=O) groups is 3. The molecule has 1 aliphatic carbocycles. The average molecular weight is 1050 g/mol. The van der Waals surface area contributed by atoms with Crippen LogP contribution in [0.2, 0.25) is 5.02 Å². The van der Waals surface area contributed by atoms with Crippen LogP contribution in [0.3, 0.4) is 0 Å². The van der Waals surface area contributed by atoms with Crippen LogP contribution in [0, 0.1) is 5.92 Å². The Labute approximate surface area is 428 Å². The first-order chi connectivity index (χ1) is 35.5. The van der Waals surface area contributed by atoms with E-state index in [0.717, 1.165) is 61.4 Å². The number of ether oxygens (including phenoxy) is 1. The third-order valence-electron chi connectivity index (χ3n) is 12.8. The first-order valence-electron chi connectivity index (χ1n) is 23.2. The molecule has 0 spiro atoms. The van der Waals surface area contributed by atoms with Gasteiger partial charge in [-0.05, 0) is 120 Å². The number of amides is 1. The molecule has 2 fully saturated rings. The van der Waals surface area contributed by atoms with E-state index in [1.54, 1.807) is 48.8 Å². The number of fused-ring (bicyclic) bond motifs is 2. The van der Waals surface area contributed by atoms with E-state index in [0.29, 0.717) is 71.6 Å². The molecule has 2 saturated heterocycles. The number of piperazine rings is 1. The maximum absolute atomic E-state index is 15.2. The van der Waals surface area contributed by atoms with Gasteiger partial charge in [-0.1, -0.05) is 35.3 Å². The number of ketones is 2. The van der Waals surface area contributed by atoms with Crippen molar-refractivity contribution in [3.8, 4) is 0 Å². The Bertz CT molecular complexity index is 3290. The molecule has 3 aliphatic rings. The third kappa shape index (κ3) is 10.3. The quantitative estimate of drug-likeness (QED) is 0.104. The number of aromatic nitrogens is 4. The standard InChI is InChI=1S/C54H40Cl2F6N8O4/c55-41-13-1-31(26-40(41)53(57,58)59)25-39-38(12-14-42(56)49(39)54(60,61)62)52(73)70(36-8-2-32(3-9-36)50(71)34-6-15-43-45(27-34)66-47(29-64-43)68-19-17-63-18-20-68)37-10-4-33(5-11-37)51(72)35-7-16-44-46(28-35)67-48(30-65-44)69-21-23-74-24-22-69/h1-16,25-30,38,63H,17-24H2. The maximum Gasteiger partial charge on any atom is 0.418 e. The predicted molar refractivity (Wildman–Crippen MR) is 270 cm³/mol. The molecule has 20 heteroatoms. The Hall–Kier alpha value is -7.51. The predicted octanol–water partition coefficient (Wildman–Crippen LogP) is 10.9. The highest BCUT2D eigenvalue weighted by Gasteiger charge is 2.44. The fourth-order valence-electron chi connectivity index (χ4n) is 9.04. The number of rotatable bonds is 10. The van der Waals surface area contributed by atoms with Crippen LogP contribution in [0.25, 0.3) is 28.1 Å². The highest BCUT2D eigenvalue weighted by Crippen LogP contribution is 2.45. The van der Waals surface area contributed by atoms with Gasteiger partial charge in [-0.3, -0.25) is 29.3 Å². The van der Waals surface area contributed by atoms with Gasteiger partial charge in [0.05, 0.1) is 74.8 Å². The van der Waals surface area contributed by atoms with E-state index in [-0.39, 0.29) is 33.6 Å². The first kappa shape index (κ1) is 50.0. The number of allylic oxidation sites excluding steroid dienone is 3. The van der Waals surface area contributed by atoms with E-state index in [4.69, 9.17) is 37.9 Å². The van der Waals surface area contributed by atoms with Gasteiger partial charge in [0, 0.05) is 72.9 Å². The summed E-state index contributed by atoms with van der Waals surface area (Å²) in [5.74, 6) is -2.30. The monoisotopic (exact) mass is 1050 g/mol. The van der Waals surface area contributed by atoms with E-state index < -0.39 is 62.5 Å². The topological polar surface area (TPSA) is 134 Å². The normalized spacial score (nSPS) is 17.1. The average Bonchev–Trinajstić information content (AvgIpc) is 3.41. The molecule has 1 atom stereocenters. The van der Waals surface area contributed by atoms with Crippen molar-refractivity contribution in [3.63, 3.8) is 0 Å². The Morgan fingerprint density at radius 2 is 1.15 bits per heavy atom. The van der Waals surface area contributed by atoms with Gasteiger partial charge in [0.2, 0.25) is 5.91 Å². The van der Waals surface area contributed by atoms with Gasteiger partial charge in [-0.2, -0.15) is 26.3 Å². The van der Waals surface area contributed by atoms with Crippen molar-refractivity contribution in [2.75, 3.05) is 67.2 Å². The van der Waals surface area contributed by atoms with Gasteiger partial charge in [0.1, 0.15) is 11.6 Å². The molecule has 10 rings (SSSR count). The largest absolute Gasteiger partial charge is 0.418 e. The number of nitrogens with one attached hydrogen (secondary N) is 1. The second kappa shape index (κ2) is 20.4. The van der Waals surface area contributed by atoms with Gasteiger partial charge in [-0.25, -0.2) is 9.97 Å². The molecule has 1 unspecified atom stereocenters. The van der Waals surface area contributed by atoms with E-state index in [9.17, 15) is 22.8 Å². The first-order valence-corrected chi connectivity index (χ1v) is 23.9. The van der Waals surface area contributed by atoms with Crippen molar-refractivity contribution in [2.24, 2.45) is 5.92 Å². The second-order valence-electron chi connectivity index (χ2n) is 17.5. The van der Waals surface area contributed by atoms with Crippen LogP contribution in [0.1, 0.15) is 43.0 Å². The van der Waals surface area contributed by atoms with Crippen LogP contribution in [0.5, 0.6) is 0 Å². The molecular formula is C54H40Cl2F6N8O4. The molecule has 74 heavy (non-hydrogen) atoms. The fraction of sp³-hybridized carbons (Fsp3) is 0.204. The summed E-state index contributed by atoms with van der Waals surface area (Å²) in [4.78, 5) is 67.1. The molecule has 376 valence electrons. The lowest BCUT2D eigenvalue weighted by molar-refractivity contribution is -0.137. The van der Waals surface area contributed by atoms with Gasteiger partial charge in [-0.15, -0.1) is 0 Å². The molecule has 0 radical (unpaired) electrons. The van der Waals surface area contributed by atoms with E-state index in [2.05, 4.69) is 20.2 Å². The summed E-state index contributed by atoms with van der Waals surface area (Å²) < 4.78 is 92.6. The second-order valence-corrected chi connectivity index (χ2v) is 18.3. The van der Waals surface area contributed by atoms with Crippen LogP contribution < -0.4 is 20.0 Å². The summed E-state index contributed by atoms with van der Waals surface area (Å²) in [6, 6.07) is 23.9. The molecule has 2 aromatic heterocycles. The van der Waals surface area contributed by atoms with Crippen molar-refractivity contribution >= 4 is 91.8 Å². The minimum Gasteiger partial charge on any atom is -0.378 e. The van der Waals surface area contributed by atoms with Crippen LogP contribution in [-0.2, 0) is 15.7 Å². The van der Waals surface area contributed by atoms with E-state index in [1.165, 1.54) is 48.5 Å². The van der Waals surface area contributed by atoms with Crippen molar-refractivity contribution in [2.45, 2.75) is 12.4 Å². The van der Waals surface area contributed by atoms with Crippen LogP contribution in [0.4, 0.5) is 49.4 Å². The van der Waals surface area contributed by atoms with Gasteiger partial charge >= 0.3 is 12.4 Å². The fourth-order valence-corrected chi connectivity index (χ4v) is 9.56. The number of hydrogen-bond acceptors (Lipinski definition) is 11. The molecular weight excluding hydrogens is 1010 g/mol. The summed E-state index contributed by atoms with van der Waals surface area (Å²) in [5.41, 5.74) is -0.569. The number of nitrogens with zero attached hydrogens (tertiary/aromatic N) is 7. The minimum atomic E-state index is -5.18. The number of halogens is 8. The zero-order chi connectivity index (χ0) is 51.9. The zero-order valence-corrected chi connectivity index (χ0v) is 40.2. The molecule has 1 N–H and O–H groups in total. The summed E-state index contributed by atoms with van der Waals surface area (Å²) in [5, 5.41) is 1.81. The highest BCUT2D eigenvalue weighted by molar-refractivity contribution is 6.32. The number of morpholine rings is 1. The lowest BCUT2D eigenvalue weighted by Gasteiger charge is -2.31. The molecule has 0 saturated carbocycles. The highest BCUT2D eigenvalue weighted by atomic mass is 35.5. The van der Waals surface area contributed by atoms with Gasteiger partial charge < -0.3 is 19.9 Å². The Balaban J connectivity index is 1.01. The summed E-state index contributed by atoms with van der Waals surface area (Å²) in [7, 11) is 0. The van der Waals surface area contributed by atoms with Crippen molar-refractivity contribution in [1.29, 1.82) is 0 Å². The number of hydrogen-bond donors (Lipinski definition) is 1. The van der Waals surface area contributed by atoms with Crippen molar-refractivity contribution < 1.29 is 45.5 Å². The molecule has 12 nitrogen and oxygen atoms in total. The molecule has 1 amide bonds. The van der Waals surface area contributed by atoms with E-state index in [1.807, 2.05) is 4.90 Å². The van der Waals surface area contributed by atoms with Crippen molar-refractivity contribution in [1.82, 2.24) is 25.3 Å². The lowest BCUT2D eigenvalue weighted by atomic mass is 9.84. The molecule has 2 aliphatic heterocycles. The third-order valence-corrected chi connectivity index (χ3v) is 13.5. The van der Waals surface area contributed by atoms with Crippen LogP contribution in [-0.4, -0.2) is 96.1 Å². The van der Waals surface area contributed by atoms with Crippen molar-refractivity contribution in [3.05, 3.63) is 182 Å². The summed E-state index contributed by atoms with van der Waals surface area (Å²) >= 11 is 12.1. The Morgan fingerprint density at radius 1 is 0.635 bits per heavy atom. The SMILES string of the molecule is O=C(c1ccc(N(C(=O)C2C=CC(Cl)=C(C(F)(F)F)C2=Cc2ccc(Cl)c(C(F)(F)F)c2)c2ccc(C(=O)c3ccc4ncc(N5CCOCC5)nc4c3)cc2)cc1)c1ccc2ncc(N3CCNCC3)nc2c1. The summed E-state index contributed by atoms with van der Waals surface area (Å²) in [6.45, 7) is 5.36. The molecule has 5 aromatic carbocycles. The van der Waals surface area contributed by atoms with Crippen LogP contribution in [0.15, 0.2) is 144 Å². The number of anilines is 4. The molecule has 0 bridgehead atoms. The van der Waals surface area contributed by atoms with E-state index >= 15 is 18.0 Å². The number of alkyl halides is 6. The number of carbonyl (C=O) groups excluding carboxylic acids is 3. The van der Waals surface area contributed by atoms with Crippen LogP contribution >= 0.6 is 23.2 Å². The Kier molecular flexibility index (Phi) is 13.8. The minimum absolute atomic E-state index is 0.0892. The molecule has 7 aromatic rings. The molecule has 4 heterocycles. The zero-order valence-electron chi connectivity index (χ0n) is 38.7. The summed E-state index contributed by atoms with van der Waals surface area (Å²) in [6.07, 6.45) is -3.94. The van der Waals surface area contributed by atoms with Gasteiger partial charge in [0.15, 0.2) is 11.6 Å². The Morgan fingerprint density at radius 3 is 1.66 bits per heavy atom. The maximum atomic E-state index is 15.2. The lowest BCUT2D eigenvalue weighted by Crippen LogP contribution is -2.43. The van der Waals surface area contributed by atoms with Gasteiger partial charge in [0.25, 0.3) is 0 Å². The number of benzene rings is 5.